The zero-order valence-electron chi connectivity index (χ0n) is 25.0. The van der Waals surface area contributed by atoms with Gasteiger partial charge in [0.1, 0.15) is 22.5 Å². The molecule has 2 saturated heterocycles. The number of likely N-dealkylation sites (tertiary alicyclic amines) is 1. The van der Waals surface area contributed by atoms with E-state index in [2.05, 4.69) is 34.1 Å². The molecule has 1 atom stereocenters. The zero-order valence-corrected chi connectivity index (χ0v) is 27.4. The van der Waals surface area contributed by atoms with Crippen LogP contribution in [-0.4, -0.2) is 87.4 Å². The first-order chi connectivity index (χ1) is 20.9. The van der Waals surface area contributed by atoms with Crippen LogP contribution in [0.5, 0.6) is 0 Å². The third-order valence-electron chi connectivity index (χ3n) is 8.31. The van der Waals surface area contributed by atoms with Gasteiger partial charge in [0.2, 0.25) is 10.1 Å². The summed E-state index contributed by atoms with van der Waals surface area (Å²) in [5.74, 6) is 1.71. The fourth-order valence-corrected chi connectivity index (χ4v) is 8.65. The molecule has 3 aromatic heterocycles. The van der Waals surface area contributed by atoms with Gasteiger partial charge < -0.3 is 14.7 Å². The van der Waals surface area contributed by atoms with Crippen molar-refractivity contribution in [2.45, 2.75) is 51.5 Å². The van der Waals surface area contributed by atoms with E-state index in [9.17, 15) is 9.65 Å². The normalized spacial score (nSPS) is 17.8. The molecule has 0 spiro atoms. The van der Waals surface area contributed by atoms with Gasteiger partial charge in [0.25, 0.3) is 0 Å². The van der Waals surface area contributed by atoms with Crippen LogP contribution in [0.15, 0.2) is 24.3 Å². The highest BCUT2D eigenvalue weighted by molar-refractivity contribution is 7.97. The van der Waals surface area contributed by atoms with Crippen LogP contribution in [0, 0.1) is 17.1 Å². The fourth-order valence-electron chi connectivity index (χ4n) is 5.93. The first-order valence-corrected chi connectivity index (χ1v) is 17.6. The van der Waals surface area contributed by atoms with Gasteiger partial charge in [-0.2, -0.15) is 9.78 Å². The van der Waals surface area contributed by atoms with E-state index in [0.717, 1.165) is 53.3 Å². The third kappa shape index (κ3) is 6.54. The Morgan fingerprint density at radius 1 is 1.09 bits per heavy atom. The molecule has 0 N–H and O–H groups in total. The lowest BCUT2D eigenvalue weighted by molar-refractivity contribution is 0.335. The summed E-state index contributed by atoms with van der Waals surface area (Å²) in [5.41, 5.74) is 2.21. The molecule has 2 aliphatic heterocycles. The van der Waals surface area contributed by atoms with Crippen molar-refractivity contribution < 1.29 is 4.39 Å². The van der Waals surface area contributed by atoms with E-state index in [1.54, 1.807) is 23.5 Å². The van der Waals surface area contributed by atoms with Gasteiger partial charge in [0, 0.05) is 37.5 Å². The molecule has 43 heavy (non-hydrogen) atoms. The minimum atomic E-state index is -0.318. The van der Waals surface area contributed by atoms with Crippen molar-refractivity contribution >= 4 is 55.7 Å². The molecule has 1 aromatic carbocycles. The van der Waals surface area contributed by atoms with Crippen LogP contribution in [0.2, 0.25) is 0 Å². The van der Waals surface area contributed by atoms with Gasteiger partial charge in [0.15, 0.2) is 10.9 Å². The number of nitrogens with zero attached hydrogens (tertiary/aromatic N) is 9. The minimum absolute atomic E-state index is 0.318. The molecule has 4 aromatic rings. The monoisotopic (exact) mass is 639 g/mol. The van der Waals surface area contributed by atoms with E-state index >= 15 is 0 Å². The maximum absolute atomic E-state index is 13.5. The summed E-state index contributed by atoms with van der Waals surface area (Å²) in [5, 5.41) is 16.6. The molecule has 9 nitrogen and oxygen atoms in total. The predicted molar refractivity (Wildman–Crippen MR) is 176 cm³/mol. The Labute approximate surface area is 265 Å². The zero-order chi connectivity index (χ0) is 29.9. The first-order valence-electron chi connectivity index (χ1n) is 15.1. The number of imidazole rings is 1. The van der Waals surface area contributed by atoms with Crippen LogP contribution in [0.3, 0.4) is 0 Å². The quantitative estimate of drug-likeness (QED) is 0.139. The summed E-state index contributed by atoms with van der Waals surface area (Å²) < 4.78 is 17.9. The number of nitriles is 1. The smallest absolute Gasteiger partial charge is 0.216 e. The topological polar surface area (TPSA) is 79.8 Å². The minimum Gasteiger partial charge on any atom is -0.345 e. The highest BCUT2D eigenvalue weighted by Gasteiger charge is 2.28. The second-order valence-corrected chi connectivity index (χ2v) is 14.3. The molecule has 0 saturated carbocycles. The van der Waals surface area contributed by atoms with E-state index in [-0.39, 0.29) is 5.82 Å². The number of fused-ring (bicyclic) bond motifs is 1. The Kier molecular flexibility index (Phi) is 9.49. The number of hydrogen-bond acceptors (Lipinski definition) is 11. The maximum atomic E-state index is 13.5. The van der Waals surface area contributed by atoms with Gasteiger partial charge in [-0.1, -0.05) is 41.5 Å². The average molecular weight is 640 g/mol. The number of halogens is 1. The summed E-state index contributed by atoms with van der Waals surface area (Å²) in [7, 11) is 4.19. The lowest BCUT2D eigenvalue weighted by Crippen LogP contribution is -2.44. The van der Waals surface area contributed by atoms with E-state index < -0.39 is 0 Å². The lowest BCUT2D eigenvalue weighted by atomic mass is 10.1. The van der Waals surface area contributed by atoms with E-state index in [1.165, 1.54) is 68.8 Å². The van der Waals surface area contributed by atoms with Crippen molar-refractivity contribution in [2.75, 3.05) is 62.4 Å². The maximum Gasteiger partial charge on any atom is 0.216 e. The number of aryl methyl sites for hydroxylation is 1. The van der Waals surface area contributed by atoms with E-state index in [1.807, 2.05) is 28.4 Å². The standard InChI is InChI=1S/C30H38FN9S3/c1-4-24-27(36(2)28-34-26(25(19-32)42-28)21-10-12-22(31)13-11-21)40-29(33-24)43-30(35-40)39-17-7-9-23(20-39)37(3)41-18-8-16-38-14-5-6-15-38/h10-13,23H,4-9,14-18,20H2,1-3H3. The highest BCUT2D eigenvalue weighted by Crippen LogP contribution is 2.38. The number of anilines is 3. The van der Waals surface area contributed by atoms with Crippen LogP contribution in [-0.2, 0) is 6.42 Å². The van der Waals surface area contributed by atoms with Crippen molar-refractivity contribution in [2.24, 2.45) is 0 Å². The molecule has 2 fully saturated rings. The van der Waals surface area contributed by atoms with Crippen molar-refractivity contribution in [3.8, 4) is 17.3 Å². The van der Waals surface area contributed by atoms with Crippen LogP contribution in [0.25, 0.3) is 16.2 Å². The van der Waals surface area contributed by atoms with E-state index in [4.69, 9.17) is 15.1 Å². The van der Waals surface area contributed by atoms with Crippen LogP contribution in [0.1, 0.15) is 49.6 Å². The van der Waals surface area contributed by atoms with Crippen molar-refractivity contribution in [3.63, 3.8) is 0 Å². The average Bonchev–Trinajstić information content (AvgIpc) is 3.83. The lowest BCUT2D eigenvalue weighted by Gasteiger charge is -2.36. The van der Waals surface area contributed by atoms with Crippen molar-refractivity contribution in [1.29, 1.82) is 5.26 Å². The number of rotatable bonds is 11. The molecule has 2 aliphatic rings. The number of piperidine rings is 1. The summed E-state index contributed by atoms with van der Waals surface area (Å²) in [4.78, 5) is 18.1. The fraction of sp³-hybridized carbons (Fsp3) is 0.533. The Bertz CT molecular complexity index is 1570. The number of aromatic nitrogens is 4. The van der Waals surface area contributed by atoms with Crippen LogP contribution in [0.4, 0.5) is 20.5 Å². The Morgan fingerprint density at radius 3 is 2.63 bits per heavy atom. The Balaban J connectivity index is 1.18. The molecule has 0 amide bonds. The summed E-state index contributed by atoms with van der Waals surface area (Å²) >= 11 is 4.93. The number of benzene rings is 1. The van der Waals surface area contributed by atoms with Crippen molar-refractivity contribution in [1.82, 2.24) is 28.8 Å². The SMILES string of the molecule is CCc1nc2sc(N3CCCC(N(C)SCCCN4CCCC4)C3)nn2c1N(C)c1nc(-c2ccc(F)cc2)c(C#N)s1. The molecular formula is C30H38FN9S3. The number of hydrogen-bond donors (Lipinski definition) is 0. The van der Waals surface area contributed by atoms with Gasteiger partial charge >= 0.3 is 0 Å². The highest BCUT2D eigenvalue weighted by atomic mass is 32.2. The molecule has 1 unspecified atom stereocenters. The summed E-state index contributed by atoms with van der Waals surface area (Å²) in [6, 6.07) is 8.86. The van der Waals surface area contributed by atoms with Gasteiger partial charge in [-0.25, -0.2) is 18.7 Å². The second-order valence-electron chi connectivity index (χ2n) is 11.2. The molecule has 6 rings (SSSR count). The Morgan fingerprint density at radius 2 is 1.88 bits per heavy atom. The van der Waals surface area contributed by atoms with Crippen LogP contribution >= 0.6 is 34.6 Å². The third-order valence-corrected chi connectivity index (χ3v) is 11.5. The van der Waals surface area contributed by atoms with E-state index in [0.29, 0.717) is 27.3 Å². The van der Waals surface area contributed by atoms with Crippen molar-refractivity contribution in [3.05, 3.63) is 40.7 Å². The van der Waals surface area contributed by atoms with Crippen LogP contribution < -0.4 is 9.80 Å². The molecule has 228 valence electrons. The molecule has 0 radical (unpaired) electrons. The summed E-state index contributed by atoms with van der Waals surface area (Å²) in [6.45, 7) is 7.80. The second kappa shape index (κ2) is 13.5. The number of likely N-dealkylation sites (N-methyl/N-ethyl adjacent to an activating group) is 1. The largest absolute Gasteiger partial charge is 0.345 e. The molecule has 13 heteroatoms. The number of thiazole rings is 1. The molecular weight excluding hydrogens is 602 g/mol. The first kappa shape index (κ1) is 30.3. The van der Waals surface area contributed by atoms with Gasteiger partial charge in [-0.3, -0.25) is 0 Å². The summed E-state index contributed by atoms with van der Waals surface area (Å²) in [6.07, 6.45) is 7.04. The predicted octanol–water partition coefficient (Wildman–Crippen LogP) is 6.29. The molecule has 0 bridgehead atoms. The Hall–Kier alpha value is -2.76. The molecule has 0 aliphatic carbocycles. The van der Waals surface area contributed by atoms with Gasteiger partial charge in [0.05, 0.1) is 5.69 Å². The molecule has 5 heterocycles. The van der Waals surface area contributed by atoms with Gasteiger partial charge in [-0.15, -0.1) is 5.10 Å². The van der Waals surface area contributed by atoms with Gasteiger partial charge in [-0.05, 0) is 89.5 Å².